The highest BCUT2D eigenvalue weighted by atomic mass is 16.5. The highest BCUT2D eigenvalue weighted by Crippen LogP contribution is 2.23. The smallest absolute Gasteiger partial charge is 0.123 e. The van der Waals surface area contributed by atoms with E-state index in [9.17, 15) is 5.11 Å². The Morgan fingerprint density at radius 3 is 2.76 bits per heavy atom. The van der Waals surface area contributed by atoms with Gasteiger partial charge in [0.05, 0.1) is 13.2 Å². The zero-order valence-electron chi connectivity index (χ0n) is 10.5. The van der Waals surface area contributed by atoms with Crippen LogP contribution in [0, 0.1) is 0 Å². The summed E-state index contributed by atoms with van der Waals surface area (Å²) in [7, 11) is 1.67. The first kappa shape index (κ1) is 13.8. The maximum absolute atomic E-state index is 9.80. The normalized spacial score (nSPS) is 10.5. The molecule has 4 heteroatoms. The van der Waals surface area contributed by atoms with Crippen LogP contribution in [0.15, 0.2) is 18.2 Å². The summed E-state index contributed by atoms with van der Waals surface area (Å²) < 4.78 is 10.4. The van der Waals surface area contributed by atoms with Gasteiger partial charge in [-0.3, -0.25) is 0 Å². The summed E-state index contributed by atoms with van der Waals surface area (Å²) in [6.45, 7) is 4.78. The molecule has 0 fully saturated rings. The second kappa shape index (κ2) is 7.92. The molecule has 1 rings (SSSR count). The zero-order valence-corrected chi connectivity index (χ0v) is 10.5. The summed E-state index contributed by atoms with van der Waals surface area (Å²) in [6, 6.07) is 5.41. The lowest BCUT2D eigenvalue weighted by molar-refractivity contribution is 0.199. The summed E-state index contributed by atoms with van der Waals surface area (Å²) in [5.41, 5.74) is 0.866. The Hall–Kier alpha value is -1.26. The predicted octanol–water partition coefficient (Wildman–Crippen LogP) is 1.92. The fraction of sp³-hybridized carbons (Fsp3) is 0.538. The van der Waals surface area contributed by atoms with E-state index in [1.54, 1.807) is 13.2 Å². The molecular weight excluding hydrogens is 218 g/mol. The van der Waals surface area contributed by atoms with Crippen LogP contribution in [0.3, 0.4) is 0 Å². The molecule has 0 radical (unpaired) electrons. The summed E-state index contributed by atoms with van der Waals surface area (Å²) >= 11 is 0. The standard InChI is InChI=1S/C13H21NO3/c1-3-7-17-12-5-4-11(13(15)9-12)10-14-6-8-16-2/h4-5,9,14-15H,3,6-8,10H2,1-2H3. The number of rotatable bonds is 8. The first-order valence-electron chi connectivity index (χ1n) is 5.92. The molecule has 2 N–H and O–H groups in total. The summed E-state index contributed by atoms with van der Waals surface area (Å²) in [5.74, 6) is 0.980. The average molecular weight is 239 g/mol. The molecule has 0 amide bonds. The third-order valence-electron chi connectivity index (χ3n) is 2.33. The molecule has 0 saturated carbocycles. The first-order chi connectivity index (χ1) is 8.27. The first-order valence-corrected chi connectivity index (χ1v) is 5.92. The van der Waals surface area contributed by atoms with Crippen LogP contribution < -0.4 is 10.1 Å². The van der Waals surface area contributed by atoms with Crippen LogP contribution in [-0.2, 0) is 11.3 Å². The Labute approximate surface area is 103 Å². The molecule has 96 valence electrons. The van der Waals surface area contributed by atoms with Gasteiger partial charge in [0.15, 0.2) is 0 Å². The van der Waals surface area contributed by atoms with Crippen molar-refractivity contribution >= 4 is 0 Å². The van der Waals surface area contributed by atoms with Gasteiger partial charge in [-0.05, 0) is 12.5 Å². The van der Waals surface area contributed by atoms with E-state index in [4.69, 9.17) is 9.47 Å². The van der Waals surface area contributed by atoms with Gasteiger partial charge in [-0.15, -0.1) is 0 Å². The van der Waals surface area contributed by atoms with Crippen LogP contribution in [-0.4, -0.2) is 32.0 Å². The van der Waals surface area contributed by atoms with Gasteiger partial charge in [0.2, 0.25) is 0 Å². The quantitative estimate of drug-likeness (QED) is 0.680. The van der Waals surface area contributed by atoms with Crippen molar-refractivity contribution in [3.63, 3.8) is 0 Å². The minimum atomic E-state index is 0.267. The summed E-state index contributed by atoms with van der Waals surface area (Å²) in [4.78, 5) is 0. The lowest BCUT2D eigenvalue weighted by Crippen LogP contribution is -2.18. The van der Waals surface area contributed by atoms with Crippen LogP contribution in [0.25, 0.3) is 0 Å². The maximum Gasteiger partial charge on any atom is 0.123 e. The molecule has 0 unspecified atom stereocenters. The van der Waals surface area contributed by atoms with Crippen LogP contribution in [0.2, 0.25) is 0 Å². The Balaban J connectivity index is 2.45. The van der Waals surface area contributed by atoms with Gasteiger partial charge in [0, 0.05) is 31.8 Å². The second-order valence-electron chi connectivity index (χ2n) is 3.81. The molecule has 1 aromatic rings. The van der Waals surface area contributed by atoms with Crippen molar-refractivity contribution in [2.75, 3.05) is 26.9 Å². The summed E-state index contributed by atoms with van der Waals surface area (Å²) in [5, 5.41) is 13.0. The molecule has 0 aliphatic heterocycles. The molecule has 17 heavy (non-hydrogen) atoms. The minimum absolute atomic E-state index is 0.267. The van der Waals surface area contributed by atoms with Crippen molar-refractivity contribution in [1.82, 2.24) is 5.32 Å². The van der Waals surface area contributed by atoms with E-state index in [0.29, 0.717) is 25.5 Å². The Morgan fingerprint density at radius 1 is 1.29 bits per heavy atom. The van der Waals surface area contributed by atoms with Gasteiger partial charge in [-0.1, -0.05) is 13.0 Å². The zero-order chi connectivity index (χ0) is 12.5. The van der Waals surface area contributed by atoms with Crippen molar-refractivity contribution in [2.45, 2.75) is 19.9 Å². The summed E-state index contributed by atoms with van der Waals surface area (Å²) in [6.07, 6.45) is 0.959. The SMILES string of the molecule is CCCOc1ccc(CNCCOC)c(O)c1. The number of hydrogen-bond donors (Lipinski definition) is 2. The third kappa shape index (κ3) is 5.06. The van der Waals surface area contributed by atoms with Crippen LogP contribution in [0.1, 0.15) is 18.9 Å². The van der Waals surface area contributed by atoms with Crippen molar-refractivity contribution in [3.05, 3.63) is 23.8 Å². The lowest BCUT2D eigenvalue weighted by atomic mass is 10.2. The van der Waals surface area contributed by atoms with Crippen molar-refractivity contribution in [1.29, 1.82) is 0 Å². The number of aromatic hydroxyl groups is 1. The van der Waals surface area contributed by atoms with Crippen LogP contribution in [0.4, 0.5) is 0 Å². The topological polar surface area (TPSA) is 50.7 Å². The third-order valence-corrected chi connectivity index (χ3v) is 2.33. The number of ether oxygens (including phenoxy) is 2. The molecule has 1 aromatic carbocycles. The van der Waals surface area contributed by atoms with E-state index in [2.05, 4.69) is 5.32 Å². The number of hydrogen-bond acceptors (Lipinski definition) is 4. The van der Waals surface area contributed by atoms with Gasteiger partial charge >= 0.3 is 0 Å². The van der Waals surface area contributed by atoms with E-state index in [0.717, 1.165) is 18.5 Å². The highest BCUT2D eigenvalue weighted by molar-refractivity contribution is 5.39. The van der Waals surface area contributed by atoms with Gasteiger partial charge < -0.3 is 19.9 Å². The van der Waals surface area contributed by atoms with Crippen molar-refractivity contribution in [3.8, 4) is 11.5 Å². The Kier molecular flexibility index (Phi) is 6.43. The number of nitrogens with one attached hydrogen (secondary N) is 1. The molecule has 4 nitrogen and oxygen atoms in total. The van der Waals surface area contributed by atoms with E-state index in [-0.39, 0.29) is 5.75 Å². The fourth-order valence-corrected chi connectivity index (χ4v) is 1.40. The fourth-order valence-electron chi connectivity index (χ4n) is 1.40. The molecule has 0 spiro atoms. The second-order valence-corrected chi connectivity index (χ2v) is 3.81. The Bertz CT molecular complexity index is 328. The lowest BCUT2D eigenvalue weighted by Gasteiger charge is -2.09. The Morgan fingerprint density at radius 2 is 2.12 bits per heavy atom. The highest BCUT2D eigenvalue weighted by Gasteiger charge is 2.02. The van der Waals surface area contributed by atoms with Crippen molar-refractivity contribution < 1.29 is 14.6 Å². The molecule has 0 aliphatic carbocycles. The molecular formula is C13H21NO3. The predicted molar refractivity (Wildman–Crippen MR) is 67.5 cm³/mol. The van der Waals surface area contributed by atoms with Gasteiger partial charge in [-0.2, -0.15) is 0 Å². The van der Waals surface area contributed by atoms with E-state index >= 15 is 0 Å². The van der Waals surface area contributed by atoms with Gasteiger partial charge in [0.25, 0.3) is 0 Å². The van der Waals surface area contributed by atoms with E-state index in [1.165, 1.54) is 0 Å². The van der Waals surface area contributed by atoms with E-state index < -0.39 is 0 Å². The van der Waals surface area contributed by atoms with Gasteiger partial charge in [0.1, 0.15) is 11.5 Å². The monoisotopic (exact) mass is 239 g/mol. The number of phenolic OH excluding ortho intramolecular Hbond substituents is 1. The largest absolute Gasteiger partial charge is 0.507 e. The average Bonchev–Trinajstić information content (AvgIpc) is 2.34. The van der Waals surface area contributed by atoms with Crippen molar-refractivity contribution in [2.24, 2.45) is 0 Å². The minimum Gasteiger partial charge on any atom is -0.507 e. The number of phenols is 1. The number of benzene rings is 1. The van der Waals surface area contributed by atoms with Crippen LogP contribution in [0.5, 0.6) is 11.5 Å². The number of methoxy groups -OCH3 is 1. The molecule has 0 atom stereocenters. The molecule has 0 aromatic heterocycles. The molecule has 0 saturated heterocycles. The molecule has 0 bridgehead atoms. The van der Waals surface area contributed by atoms with Crippen LogP contribution >= 0.6 is 0 Å². The molecule has 0 heterocycles. The molecule has 0 aliphatic rings. The van der Waals surface area contributed by atoms with Gasteiger partial charge in [-0.25, -0.2) is 0 Å². The maximum atomic E-state index is 9.80. The van der Waals surface area contributed by atoms with E-state index in [1.807, 2.05) is 19.1 Å².